The van der Waals surface area contributed by atoms with Crippen molar-refractivity contribution in [1.29, 1.82) is 0 Å². The molecule has 1 atom stereocenters. The van der Waals surface area contributed by atoms with Gasteiger partial charge in [-0.1, -0.05) is 72.8 Å². The van der Waals surface area contributed by atoms with E-state index in [4.69, 9.17) is 9.47 Å². The van der Waals surface area contributed by atoms with Crippen LogP contribution in [0.4, 0.5) is 5.69 Å². The first kappa shape index (κ1) is 20.3. The van der Waals surface area contributed by atoms with Crippen molar-refractivity contribution in [2.24, 2.45) is 0 Å². The predicted octanol–water partition coefficient (Wildman–Crippen LogP) is 3.97. The van der Waals surface area contributed by atoms with Gasteiger partial charge in [-0.15, -0.1) is 0 Å². The number of benzene rings is 3. The highest BCUT2D eigenvalue weighted by molar-refractivity contribution is 6.02. The van der Waals surface area contributed by atoms with E-state index in [2.05, 4.69) is 0 Å². The summed E-state index contributed by atoms with van der Waals surface area (Å²) >= 11 is 0. The number of ketones is 1. The van der Waals surface area contributed by atoms with Crippen LogP contribution in [0.5, 0.6) is 5.75 Å². The second-order valence-electron chi connectivity index (χ2n) is 7.06. The Balaban J connectivity index is 1.58. The first-order chi connectivity index (χ1) is 15.1. The highest BCUT2D eigenvalue weighted by Crippen LogP contribution is 2.31. The molecule has 0 spiro atoms. The Labute approximate surface area is 180 Å². The highest BCUT2D eigenvalue weighted by Gasteiger charge is 2.30. The Kier molecular flexibility index (Phi) is 6.08. The molecule has 156 valence electrons. The van der Waals surface area contributed by atoms with Crippen LogP contribution in [0, 0.1) is 0 Å². The topological polar surface area (TPSA) is 72.9 Å². The number of rotatable bonds is 6. The summed E-state index contributed by atoms with van der Waals surface area (Å²) in [6, 6.07) is 24.6. The Morgan fingerprint density at radius 1 is 0.903 bits per heavy atom. The maximum Gasteiger partial charge on any atom is 0.327 e. The number of nitrogens with zero attached hydrogens (tertiary/aromatic N) is 1. The van der Waals surface area contributed by atoms with Crippen LogP contribution < -0.4 is 9.64 Å². The minimum absolute atomic E-state index is 0.146. The molecule has 0 fully saturated rings. The maximum atomic E-state index is 13.1. The van der Waals surface area contributed by atoms with E-state index in [1.807, 2.05) is 12.1 Å². The number of carbonyl (C=O) groups excluding carboxylic acids is 3. The molecular weight excluding hydrogens is 394 g/mol. The van der Waals surface area contributed by atoms with Crippen molar-refractivity contribution < 1.29 is 23.9 Å². The quantitative estimate of drug-likeness (QED) is 0.450. The lowest BCUT2D eigenvalue weighted by Crippen LogP contribution is -2.37. The Morgan fingerprint density at radius 3 is 2.29 bits per heavy atom. The van der Waals surface area contributed by atoms with Crippen LogP contribution in [0.1, 0.15) is 28.4 Å². The summed E-state index contributed by atoms with van der Waals surface area (Å²) in [4.78, 5) is 39.9. The van der Waals surface area contributed by atoms with Crippen LogP contribution in [0.15, 0.2) is 84.9 Å². The van der Waals surface area contributed by atoms with Crippen LogP contribution in [0.2, 0.25) is 0 Å². The number of fused-ring (bicyclic) bond motifs is 1. The zero-order valence-electron chi connectivity index (χ0n) is 16.8. The summed E-state index contributed by atoms with van der Waals surface area (Å²) in [5, 5.41) is 0. The predicted molar refractivity (Wildman–Crippen MR) is 115 cm³/mol. The number of esters is 1. The van der Waals surface area contributed by atoms with Gasteiger partial charge in [-0.3, -0.25) is 19.3 Å². The molecule has 0 aliphatic carbocycles. The number of ether oxygens (including phenoxy) is 2. The van der Waals surface area contributed by atoms with Gasteiger partial charge < -0.3 is 9.47 Å². The van der Waals surface area contributed by atoms with E-state index in [0.29, 0.717) is 22.6 Å². The zero-order valence-corrected chi connectivity index (χ0v) is 16.8. The molecule has 1 heterocycles. The maximum absolute atomic E-state index is 13.1. The first-order valence-electron chi connectivity index (χ1n) is 9.99. The van der Waals surface area contributed by atoms with Crippen molar-refractivity contribution in [3.8, 4) is 5.75 Å². The monoisotopic (exact) mass is 415 g/mol. The third kappa shape index (κ3) is 4.64. The van der Waals surface area contributed by atoms with Gasteiger partial charge in [0.2, 0.25) is 11.7 Å². The fourth-order valence-corrected chi connectivity index (χ4v) is 3.45. The minimum atomic E-state index is -1.11. The molecule has 0 unspecified atom stereocenters. The number of Topliss-reactive ketones (excluding diaryl/α,β-unsaturated/α-hetero) is 1. The summed E-state index contributed by atoms with van der Waals surface area (Å²) < 4.78 is 11.2. The molecule has 1 aliphatic rings. The van der Waals surface area contributed by atoms with Crippen molar-refractivity contribution in [2.75, 3.05) is 18.1 Å². The Hall–Kier alpha value is -3.93. The summed E-state index contributed by atoms with van der Waals surface area (Å²) in [6.07, 6.45) is -0.961. The summed E-state index contributed by atoms with van der Waals surface area (Å²) in [5.41, 5.74) is 1.51. The second-order valence-corrected chi connectivity index (χ2v) is 7.06. The lowest BCUT2D eigenvalue weighted by Gasteiger charge is -2.23. The molecule has 0 aromatic heterocycles. The van der Waals surface area contributed by atoms with Crippen molar-refractivity contribution in [3.63, 3.8) is 0 Å². The SMILES string of the molecule is O=C(CN1C(=O)CCOc2ccccc21)O[C@@H](C(=O)c1ccccc1)c1ccccc1. The van der Waals surface area contributed by atoms with Gasteiger partial charge in [0.25, 0.3) is 0 Å². The van der Waals surface area contributed by atoms with Gasteiger partial charge in [-0.2, -0.15) is 0 Å². The molecule has 0 saturated carbocycles. The van der Waals surface area contributed by atoms with E-state index < -0.39 is 12.1 Å². The Morgan fingerprint density at radius 2 is 1.55 bits per heavy atom. The molecule has 0 saturated heterocycles. The van der Waals surface area contributed by atoms with E-state index in [1.165, 1.54) is 4.90 Å². The zero-order chi connectivity index (χ0) is 21.6. The van der Waals surface area contributed by atoms with Crippen molar-refractivity contribution in [1.82, 2.24) is 0 Å². The number of hydrogen-bond donors (Lipinski definition) is 0. The largest absolute Gasteiger partial charge is 0.491 e. The molecule has 3 aromatic carbocycles. The van der Waals surface area contributed by atoms with Crippen LogP contribution in [0.25, 0.3) is 0 Å². The molecule has 1 amide bonds. The summed E-state index contributed by atoms with van der Waals surface area (Å²) in [7, 11) is 0. The molecule has 6 heteroatoms. The van der Waals surface area contributed by atoms with Gasteiger partial charge in [0.1, 0.15) is 12.3 Å². The summed E-state index contributed by atoms with van der Waals surface area (Å²) in [6.45, 7) is -0.0782. The molecular formula is C25H21NO5. The molecule has 0 N–H and O–H groups in total. The van der Waals surface area contributed by atoms with Crippen LogP contribution in [-0.2, 0) is 14.3 Å². The van der Waals surface area contributed by atoms with E-state index in [-0.39, 0.29) is 31.3 Å². The van der Waals surface area contributed by atoms with Crippen molar-refractivity contribution in [3.05, 3.63) is 96.1 Å². The van der Waals surface area contributed by atoms with Gasteiger partial charge in [0.05, 0.1) is 18.7 Å². The van der Waals surface area contributed by atoms with Gasteiger partial charge in [0.15, 0.2) is 6.10 Å². The van der Waals surface area contributed by atoms with E-state index in [0.717, 1.165) is 0 Å². The molecule has 3 aromatic rings. The first-order valence-corrected chi connectivity index (χ1v) is 9.99. The normalized spacial score (nSPS) is 14.1. The van der Waals surface area contributed by atoms with Gasteiger partial charge in [-0.25, -0.2) is 0 Å². The average molecular weight is 415 g/mol. The van der Waals surface area contributed by atoms with Crippen LogP contribution >= 0.6 is 0 Å². The van der Waals surface area contributed by atoms with Gasteiger partial charge in [0, 0.05) is 11.1 Å². The number of carbonyl (C=O) groups is 3. The van der Waals surface area contributed by atoms with Gasteiger partial charge >= 0.3 is 5.97 Å². The standard InChI is InChI=1S/C25H21NO5/c27-22-15-16-30-21-14-8-7-13-20(21)26(22)17-23(28)31-25(19-11-5-2-6-12-19)24(29)18-9-3-1-4-10-18/h1-14,25H,15-17H2/t25-/m1/s1. The third-order valence-electron chi connectivity index (χ3n) is 4.97. The highest BCUT2D eigenvalue weighted by atomic mass is 16.5. The number of para-hydroxylation sites is 2. The van der Waals surface area contributed by atoms with Crippen LogP contribution in [0.3, 0.4) is 0 Å². The lowest BCUT2D eigenvalue weighted by molar-refractivity contribution is -0.146. The molecule has 1 aliphatic heterocycles. The van der Waals surface area contributed by atoms with Crippen LogP contribution in [-0.4, -0.2) is 30.8 Å². The third-order valence-corrected chi connectivity index (χ3v) is 4.97. The fraction of sp³-hybridized carbons (Fsp3) is 0.160. The van der Waals surface area contributed by atoms with E-state index in [9.17, 15) is 14.4 Å². The van der Waals surface area contributed by atoms with E-state index >= 15 is 0 Å². The fourth-order valence-electron chi connectivity index (χ4n) is 3.45. The summed E-state index contributed by atoms with van der Waals surface area (Å²) in [5.74, 6) is -0.720. The van der Waals surface area contributed by atoms with Gasteiger partial charge in [-0.05, 0) is 12.1 Å². The number of hydrogen-bond acceptors (Lipinski definition) is 5. The molecule has 6 nitrogen and oxygen atoms in total. The Bertz CT molecular complexity index is 1080. The molecule has 4 rings (SSSR count). The van der Waals surface area contributed by atoms with Crippen molar-refractivity contribution >= 4 is 23.3 Å². The second kappa shape index (κ2) is 9.26. The molecule has 0 bridgehead atoms. The molecule has 31 heavy (non-hydrogen) atoms. The molecule has 0 radical (unpaired) electrons. The smallest absolute Gasteiger partial charge is 0.327 e. The lowest BCUT2D eigenvalue weighted by atomic mass is 10.00. The van der Waals surface area contributed by atoms with E-state index in [1.54, 1.807) is 72.8 Å². The number of anilines is 1. The average Bonchev–Trinajstić information content (AvgIpc) is 2.97. The number of amides is 1. The van der Waals surface area contributed by atoms with Crippen molar-refractivity contribution in [2.45, 2.75) is 12.5 Å². The minimum Gasteiger partial charge on any atom is -0.491 e.